The Kier molecular flexibility index (Phi) is 31.8. The van der Waals surface area contributed by atoms with Gasteiger partial charge in [0.2, 0.25) is 0 Å². The van der Waals surface area contributed by atoms with Gasteiger partial charge in [0.05, 0.1) is 26.4 Å². The second kappa shape index (κ2) is 37.1. The number of hydrogen-bond acceptors (Lipinski definition) is 6. The Labute approximate surface area is 379 Å². The summed E-state index contributed by atoms with van der Waals surface area (Å²) < 4.78 is 23.7. The third-order valence-corrected chi connectivity index (χ3v) is 12.4. The standard InChI is InChI=1S/C56H90O6/c1-3-5-45-59-53(57)43-31-27-23-19-15-11-7-9-13-17-21-25-29-37-47-61-55-49-39-33-35-41-51(49)56(52-42-36-34-40-50(52)55)62-48-38-30-26-22-18-14-10-8-12-16-20-24-28-32-44-54(58)60-46-6-4-2/h33-36,39-42H,3-32,37-38,43-48H2,1-2H3. The van der Waals surface area contributed by atoms with Crippen LogP contribution in [-0.2, 0) is 19.1 Å². The first-order valence-electron chi connectivity index (χ1n) is 26.2. The van der Waals surface area contributed by atoms with Gasteiger partial charge in [0.15, 0.2) is 0 Å². The normalized spacial score (nSPS) is 11.4. The van der Waals surface area contributed by atoms with Gasteiger partial charge in [-0.15, -0.1) is 0 Å². The lowest BCUT2D eigenvalue weighted by Crippen LogP contribution is -2.05. The Balaban J connectivity index is 1.19. The van der Waals surface area contributed by atoms with Crippen molar-refractivity contribution in [1.29, 1.82) is 0 Å². The molecule has 0 amide bonds. The molecule has 0 radical (unpaired) electrons. The number of fused-ring (bicyclic) bond motifs is 2. The van der Waals surface area contributed by atoms with Gasteiger partial charge in [-0.25, -0.2) is 0 Å². The maximum Gasteiger partial charge on any atom is 0.305 e. The van der Waals surface area contributed by atoms with E-state index in [1.54, 1.807) is 0 Å². The Morgan fingerprint density at radius 2 is 0.565 bits per heavy atom. The molecule has 3 aromatic carbocycles. The van der Waals surface area contributed by atoms with Crippen LogP contribution < -0.4 is 9.47 Å². The van der Waals surface area contributed by atoms with Crippen molar-refractivity contribution >= 4 is 33.5 Å². The van der Waals surface area contributed by atoms with Crippen LogP contribution in [-0.4, -0.2) is 38.4 Å². The Hall–Kier alpha value is -3.28. The fraction of sp³-hybridized carbons (Fsp3) is 0.714. The number of unbranched alkanes of at least 4 members (excludes halogenated alkanes) is 28. The molecule has 3 rings (SSSR count). The van der Waals surface area contributed by atoms with E-state index in [-0.39, 0.29) is 11.9 Å². The zero-order chi connectivity index (χ0) is 44.0. The van der Waals surface area contributed by atoms with Crippen LogP contribution >= 0.6 is 0 Å². The zero-order valence-corrected chi connectivity index (χ0v) is 39.9. The molecule has 0 heterocycles. The number of benzene rings is 3. The number of rotatable bonds is 42. The summed E-state index contributed by atoms with van der Waals surface area (Å²) in [5, 5.41) is 4.60. The molecule has 0 aliphatic carbocycles. The number of carbonyl (C=O) groups is 2. The monoisotopic (exact) mass is 859 g/mol. The molecule has 0 spiro atoms. The van der Waals surface area contributed by atoms with Crippen molar-refractivity contribution in [3.05, 3.63) is 48.5 Å². The van der Waals surface area contributed by atoms with E-state index in [1.807, 2.05) is 0 Å². The first-order chi connectivity index (χ1) is 30.7. The number of hydrogen-bond donors (Lipinski definition) is 0. The highest BCUT2D eigenvalue weighted by molar-refractivity contribution is 6.11. The van der Waals surface area contributed by atoms with Crippen LogP contribution in [0.2, 0.25) is 0 Å². The van der Waals surface area contributed by atoms with Gasteiger partial charge in [0.25, 0.3) is 0 Å². The molecule has 6 nitrogen and oxygen atoms in total. The Morgan fingerprint density at radius 1 is 0.323 bits per heavy atom. The minimum Gasteiger partial charge on any atom is -0.492 e. The number of ether oxygens (including phenoxy) is 4. The van der Waals surface area contributed by atoms with E-state index in [0.717, 1.165) is 110 Å². The molecule has 0 aliphatic rings. The van der Waals surface area contributed by atoms with E-state index < -0.39 is 0 Å². The molecule has 62 heavy (non-hydrogen) atoms. The van der Waals surface area contributed by atoms with Gasteiger partial charge in [0, 0.05) is 34.4 Å². The quantitative estimate of drug-likeness (QED) is 0.0321. The SMILES string of the molecule is CCCCOC(=O)CCCCCCCCCCCCCCCCOc1c2ccccc2c(OCCCCCCCCCCCCCCCCC(=O)OCCCC)c2ccccc12. The summed E-state index contributed by atoms with van der Waals surface area (Å²) in [5.41, 5.74) is 0. The lowest BCUT2D eigenvalue weighted by molar-refractivity contribution is -0.144. The molecule has 0 bridgehead atoms. The average Bonchev–Trinajstić information content (AvgIpc) is 3.28. The van der Waals surface area contributed by atoms with E-state index in [1.165, 1.54) is 141 Å². The van der Waals surface area contributed by atoms with Crippen LogP contribution in [0.25, 0.3) is 21.5 Å². The van der Waals surface area contributed by atoms with Gasteiger partial charge in [-0.3, -0.25) is 9.59 Å². The van der Waals surface area contributed by atoms with E-state index in [4.69, 9.17) is 18.9 Å². The van der Waals surface area contributed by atoms with Crippen LogP contribution in [0.4, 0.5) is 0 Å². The van der Waals surface area contributed by atoms with Gasteiger partial charge < -0.3 is 18.9 Å². The van der Waals surface area contributed by atoms with Gasteiger partial charge in [0.1, 0.15) is 11.5 Å². The number of carbonyl (C=O) groups excluding carboxylic acids is 2. The summed E-state index contributed by atoms with van der Waals surface area (Å²) >= 11 is 0. The fourth-order valence-corrected chi connectivity index (χ4v) is 8.50. The maximum atomic E-state index is 11.7. The lowest BCUT2D eigenvalue weighted by Gasteiger charge is -2.18. The lowest BCUT2D eigenvalue weighted by atomic mass is 10.0. The minimum absolute atomic E-state index is 0.0166. The van der Waals surface area contributed by atoms with E-state index >= 15 is 0 Å². The van der Waals surface area contributed by atoms with E-state index in [2.05, 4.69) is 62.4 Å². The summed E-state index contributed by atoms with van der Waals surface area (Å²) in [6.07, 6.45) is 40.6. The molecule has 0 fully saturated rings. The van der Waals surface area contributed by atoms with E-state index in [0.29, 0.717) is 26.1 Å². The molecule has 0 saturated carbocycles. The Morgan fingerprint density at radius 3 is 0.823 bits per heavy atom. The predicted octanol–water partition coefficient (Wildman–Crippen LogP) is 17.1. The topological polar surface area (TPSA) is 71.1 Å². The highest BCUT2D eigenvalue weighted by Crippen LogP contribution is 2.43. The predicted molar refractivity (Wildman–Crippen MR) is 263 cm³/mol. The minimum atomic E-state index is -0.0166. The highest BCUT2D eigenvalue weighted by atomic mass is 16.5. The second-order valence-electron chi connectivity index (χ2n) is 18.0. The van der Waals surface area contributed by atoms with Crippen molar-refractivity contribution in [2.24, 2.45) is 0 Å². The van der Waals surface area contributed by atoms with Crippen molar-refractivity contribution in [3.63, 3.8) is 0 Å². The average molecular weight is 859 g/mol. The van der Waals surface area contributed by atoms with Gasteiger partial charge in [-0.1, -0.05) is 229 Å². The van der Waals surface area contributed by atoms with Crippen molar-refractivity contribution in [1.82, 2.24) is 0 Å². The molecule has 0 atom stereocenters. The summed E-state index contributed by atoms with van der Waals surface area (Å²) in [6.45, 7) is 6.90. The summed E-state index contributed by atoms with van der Waals surface area (Å²) in [7, 11) is 0. The summed E-state index contributed by atoms with van der Waals surface area (Å²) in [6, 6.07) is 17.2. The van der Waals surface area contributed by atoms with Gasteiger partial charge in [-0.05, 0) is 38.5 Å². The van der Waals surface area contributed by atoms with Crippen molar-refractivity contribution in [2.45, 2.75) is 232 Å². The zero-order valence-electron chi connectivity index (χ0n) is 39.9. The molecule has 350 valence electrons. The van der Waals surface area contributed by atoms with Crippen molar-refractivity contribution < 1.29 is 28.5 Å². The van der Waals surface area contributed by atoms with Crippen molar-refractivity contribution in [2.75, 3.05) is 26.4 Å². The van der Waals surface area contributed by atoms with Crippen LogP contribution in [0.3, 0.4) is 0 Å². The molecular weight excluding hydrogens is 769 g/mol. The first kappa shape index (κ1) is 53.1. The molecule has 3 aromatic rings. The highest BCUT2D eigenvalue weighted by Gasteiger charge is 2.16. The summed E-state index contributed by atoms with van der Waals surface area (Å²) in [4.78, 5) is 23.4. The third-order valence-electron chi connectivity index (χ3n) is 12.4. The molecule has 0 saturated heterocycles. The van der Waals surface area contributed by atoms with Crippen LogP contribution in [0.1, 0.15) is 232 Å². The third kappa shape index (κ3) is 24.5. The molecular formula is C56H90O6. The molecule has 0 aromatic heterocycles. The molecule has 0 unspecified atom stereocenters. The first-order valence-corrected chi connectivity index (χ1v) is 26.2. The smallest absolute Gasteiger partial charge is 0.305 e. The fourth-order valence-electron chi connectivity index (χ4n) is 8.50. The second-order valence-corrected chi connectivity index (χ2v) is 18.0. The largest absolute Gasteiger partial charge is 0.492 e. The number of esters is 2. The van der Waals surface area contributed by atoms with Gasteiger partial charge in [-0.2, -0.15) is 0 Å². The summed E-state index contributed by atoms with van der Waals surface area (Å²) in [5.74, 6) is 1.97. The van der Waals surface area contributed by atoms with Crippen LogP contribution in [0.15, 0.2) is 48.5 Å². The molecule has 6 heteroatoms. The molecule has 0 N–H and O–H groups in total. The van der Waals surface area contributed by atoms with Crippen LogP contribution in [0.5, 0.6) is 11.5 Å². The molecule has 0 aliphatic heterocycles. The van der Waals surface area contributed by atoms with Crippen molar-refractivity contribution in [3.8, 4) is 11.5 Å². The Bertz CT molecular complexity index is 1380. The maximum absolute atomic E-state index is 11.7. The van der Waals surface area contributed by atoms with Gasteiger partial charge >= 0.3 is 11.9 Å². The van der Waals surface area contributed by atoms with Crippen LogP contribution in [0, 0.1) is 0 Å². The van der Waals surface area contributed by atoms with E-state index in [9.17, 15) is 9.59 Å².